The van der Waals surface area contributed by atoms with E-state index in [-0.39, 0.29) is 17.7 Å². The summed E-state index contributed by atoms with van der Waals surface area (Å²) in [7, 11) is 1.59. The van der Waals surface area contributed by atoms with Crippen molar-refractivity contribution in [1.29, 1.82) is 0 Å². The van der Waals surface area contributed by atoms with Crippen LogP contribution in [-0.4, -0.2) is 52.0 Å². The highest BCUT2D eigenvalue weighted by Crippen LogP contribution is 2.26. The first-order valence-electron chi connectivity index (χ1n) is 11.0. The molecule has 1 aliphatic heterocycles. The van der Waals surface area contributed by atoms with Crippen LogP contribution >= 0.6 is 0 Å². The van der Waals surface area contributed by atoms with Gasteiger partial charge in [0.1, 0.15) is 17.3 Å². The van der Waals surface area contributed by atoms with E-state index >= 15 is 0 Å². The van der Waals surface area contributed by atoms with Gasteiger partial charge in [0.25, 0.3) is 11.8 Å². The van der Waals surface area contributed by atoms with Crippen molar-refractivity contribution < 1.29 is 18.8 Å². The lowest BCUT2D eigenvalue weighted by Gasteiger charge is -2.15. The molecule has 2 aromatic heterocycles. The van der Waals surface area contributed by atoms with Gasteiger partial charge in [0, 0.05) is 43.4 Å². The molecule has 1 N–H and O–H groups in total. The van der Waals surface area contributed by atoms with E-state index in [1.165, 1.54) is 0 Å². The largest absolute Gasteiger partial charge is 0.497 e. The van der Waals surface area contributed by atoms with Crippen LogP contribution in [0, 0.1) is 6.92 Å². The summed E-state index contributed by atoms with van der Waals surface area (Å²) >= 11 is 0. The lowest BCUT2D eigenvalue weighted by atomic mass is 10.1. The van der Waals surface area contributed by atoms with E-state index in [9.17, 15) is 9.59 Å². The van der Waals surface area contributed by atoms with Gasteiger partial charge in [-0.3, -0.25) is 9.59 Å². The maximum atomic E-state index is 12.8. The molecular weight excluding hydrogens is 422 g/mol. The molecule has 1 saturated heterocycles. The molecule has 0 spiro atoms. The van der Waals surface area contributed by atoms with Gasteiger partial charge in [0.05, 0.1) is 18.4 Å². The van der Waals surface area contributed by atoms with Gasteiger partial charge >= 0.3 is 0 Å². The van der Waals surface area contributed by atoms with E-state index in [2.05, 4.69) is 20.4 Å². The van der Waals surface area contributed by atoms with Crippen molar-refractivity contribution in [3.63, 3.8) is 0 Å². The number of ether oxygens (including phenoxy) is 1. The molecule has 0 radical (unpaired) electrons. The summed E-state index contributed by atoms with van der Waals surface area (Å²) in [6.45, 7) is 4.94. The minimum atomic E-state index is -0.277. The van der Waals surface area contributed by atoms with Gasteiger partial charge in [-0.1, -0.05) is 12.1 Å². The van der Waals surface area contributed by atoms with Crippen molar-refractivity contribution in [1.82, 2.24) is 20.0 Å². The second-order valence-corrected chi connectivity index (χ2v) is 8.08. The summed E-state index contributed by atoms with van der Waals surface area (Å²) in [5.74, 6) is 1.66. The number of methoxy groups -OCH3 is 1. The monoisotopic (exact) mass is 449 g/mol. The van der Waals surface area contributed by atoms with Gasteiger partial charge in [-0.25, -0.2) is 9.97 Å². The van der Waals surface area contributed by atoms with Crippen LogP contribution in [0.4, 0.5) is 5.69 Å². The van der Waals surface area contributed by atoms with Crippen molar-refractivity contribution in [3.05, 3.63) is 65.1 Å². The number of benzene rings is 1. The molecule has 0 bridgehead atoms. The summed E-state index contributed by atoms with van der Waals surface area (Å²) in [6.07, 6.45) is 3.99. The standard InChI is InChI=1S/C24H27N5O4/c1-4-5-19-12-21(28-33-19)24(31)29-11-10-16(14-29)22-25-13-20(15(2)26-22)23(30)27-17-6-8-18(32-3)9-7-17/h6-9,12-13,16H,4-5,10-11,14H2,1-3H3,(H,27,30)/t16-/m1/s1. The zero-order valence-corrected chi connectivity index (χ0v) is 19.0. The van der Waals surface area contributed by atoms with E-state index < -0.39 is 0 Å². The van der Waals surface area contributed by atoms with E-state index in [1.807, 2.05) is 6.92 Å². The average Bonchev–Trinajstić information content (AvgIpc) is 3.49. The van der Waals surface area contributed by atoms with E-state index in [0.29, 0.717) is 47.3 Å². The first kappa shape index (κ1) is 22.4. The molecule has 0 unspecified atom stereocenters. The molecule has 3 aromatic rings. The number of likely N-dealkylation sites (tertiary alicyclic amines) is 1. The number of carbonyl (C=O) groups is 2. The molecule has 1 fully saturated rings. The topological polar surface area (TPSA) is 110 Å². The van der Waals surface area contributed by atoms with E-state index in [1.54, 1.807) is 55.5 Å². The molecule has 1 aliphatic rings. The van der Waals surface area contributed by atoms with Gasteiger partial charge in [-0.05, 0) is 44.0 Å². The van der Waals surface area contributed by atoms with Gasteiger partial charge in [0.2, 0.25) is 0 Å². The Morgan fingerprint density at radius 1 is 1.27 bits per heavy atom. The smallest absolute Gasteiger partial charge is 0.276 e. The molecule has 9 nitrogen and oxygen atoms in total. The fraction of sp³-hybridized carbons (Fsp3) is 0.375. The molecule has 9 heteroatoms. The molecule has 0 saturated carbocycles. The normalized spacial score (nSPS) is 15.5. The number of aryl methyl sites for hydroxylation is 2. The number of hydrogen-bond donors (Lipinski definition) is 1. The van der Waals surface area contributed by atoms with Crippen LogP contribution in [0.1, 0.15) is 63.8 Å². The Kier molecular flexibility index (Phi) is 6.67. The number of hydrogen-bond acceptors (Lipinski definition) is 7. The number of amides is 2. The molecular formula is C24H27N5O4. The van der Waals surface area contributed by atoms with Crippen molar-refractivity contribution in [2.24, 2.45) is 0 Å². The highest BCUT2D eigenvalue weighted by molar-refractivity contribution is 6.04. The Morgan fingerprint density at radius 2 is 2.06 bits per heavy atom. The molecule has 0 aliphatic carbocycles. The van der Waals surface area contributed by atoms with Crippen molar-refractivity contribution in [2.45, 2.75) is 39.0 Å². The predicted molar refractivity (Wildman–Crippen MR) is 121 cm³/mol. The third-order valence-corrected chi connectivity index (χ3v) is 5.71. The Balaban J connectivity index is 1.40. The van der Waals surface area contributed by atoms with Gasteiger partial charge < -0.3 is 19.5 Å². The van der Waals surface area contributed by atoms with Crippen LogP contribution in [0.15, 0.2) is 41.1 Å². The van der Waals surface area contributed by atoms with E-state index in [4.69, 9.17) is 9.26 Å². The number of rotatable bonds is 7. The summed E-state index contributed by atoms with van der Waals surface area (Å²) in [6, 6.07) is 8.81. The second kappa shape index (κ2) is 9.81. The number of nitrogens with zero attached hydrogens (tertiary/aromatic N) is 4. The minimum Gasteiger partial charge on any atom is -0.497 e. The second-order valence-electron chi connectivity index (χ2n) is 8.08. The quantitative estimate of drug-likeness (QED) is 0.586. The number of aromatic nitrogens is 3. The SMILES string of the molecule is CCCc1cc(C(=O)N2CC[C@@H](c3ncc(C(=O)Nc4ccc(OC)cc4)c(C)n3)C2)no1. The van der Waals surface area contributed by atoms with Crippen LogP contribution in [0.3, 0.4) is 0 Å². The summed E-state index contributed by atoms with van der Waals surface area (Å²) in [5.41, 5.74) is 1.99. The van der Waals surface area contributed by atoms with Gasteiger partial charge in [0.15, 0.2) is 5.69 Å². The number of anilines is 1. The first-order valence-corrected chi connectivity index (χ1v) is 11.0. The molecule has 4 rings (SSSR count). The summed E-state index contributed by atoms with van der Waals surface area (Å²) in [4.78, 5) is 36.2. The minimum absolute atomic E-state index is 0.00774. The highest BCUT2D eigenvalue weighted by Gasteiger charge is 2.31. The Hall–Kier alpha value is -3.75. The Bertz CT molecular complexity index is 1140. The van der Waals surface area contributed by atoms with Crippen LogP contribution in [0.5, 0.6) is 5.75 Å². The molecule has 33 heavy (non-hydrogen) atoms. The molecule has 2 amide bonds. The lowest BCUT2D eigenvalue weighted by molar-refractivity contribution is 0.0780. The molecule has 3 heterocycles. The van der Waals surface area contributed by atoms with Gasteiger partial charge in [-0.15, -0.1) is 0 Å². The fourth-order valence-corrected chi connectivity index (χ4v) is 3.87. The predicted octanol–water partition coefficient (Wildman–Crippen LogP) is 3.62. The molecule has 1 atom stereocenters. The average molecular weight is 450 g/mol. The maximum absolute atomic E-state index is 12.8. The molecule has 172 valence electrons. The maximum Gasteiger partial charge on any atom is 0.276 e. The third kappa shape index (κ3) is 5.02. The van der Waals surface area contributed by atoms with E-state index in [0.717, 1.165) is 25.0 Å². The van der Waals surface area contributed by atoms with Crippen LogP contribution in [0.25, 0.3) is 0 Å². The number of carbonyl (C=O) groups excluding carboxylic acids is 2. The van der Waals surface area contributed by atoms with Crippen LogP contribution in [0.2, 0.25) is 0 Å². The van der Waals surface area contributed by atoms with Crippen molar-refractivity contribution >= 4 is 17.5 Å². The van der Waals surface area contributed by atoms with Crippen molar-refractivity contribution in [3.8, 4) is 5.75 Å². The van der Waals surface area contributed by atoms with Crippen LogP contribution < -0.4 is 10.1 Å². The van der Waals surface area contributed by atoms with Crippen LogP contribution in [-0.2, 0) is 6.42 Å². The first-order chi connectivity index (χ1) is 16.0. The lowest BCUT2D eigenvalue weighted by Crippen LogP contribution is -2.29. The Labute approximate surface area is 192 Å². The third-order valence-electron chi connectivity index (χ3n) is 5.71. The van der Waals surface area contributed by atoms with Crippen molar-refractivity contribution in [2.75, 3.05) is 25.5 Å². The molecule has 1 aromatic carbocycles. The van der Waals surface area contributed by atoms with Gasteiger partial charge in [-0.2, -0.15) is 0 Å². The number of nitrogens with one attached hydrogen (secondary N) is 1. The zero-order valence-electron chi connectivity index (χ0n) is 19.0. The highest BCUT2D eigenvalue weighted by atomic mass is 16.5. The Morgan fingerprint density at radius 3 is 2.76 bits per heavy atom. The fourth-order valence-electron chi connectivity index (χ4n) is 3.87. The summed E-state index contributed by atoms with van der Waals surface area (Å²) < 4.78 is 10.4. The zero-order chi connectivity index (χ0) is 23.4. The summed E-state index contributed by atoms with van der Waals surface area (Å²) in [5, 5.41) is 6.76.